The van der Waals surface area contributed by atoms with E-state index in [0.717, 1.165) is 39.0 Å². The van der Waals surface area contributed by atoms with Crippen molar-refractivity contribution < 1.29 is 8.78 Å². The fraction of sp³-hybridized carbons (Fsp3) is 0.379. The summed E-state index contributed by atoms with van der Waals surface area (Å²) in [6.07, 6.45) is 2.25. The number of fused-ring (bicyclic) bond motifs is 4. The normalized spacial score (nSPS) is 21.6. The number of piperazine rings is 1. The lowest BCUT2D eigenvalue weighted by atomic mass is 9.96. The van der Waals surface area contributed by atoms with Gasteiger partial charge in [0.15, 0.2) is 5.82 Å². The monoisotopic (exact) mass is 534 g/mol. The van der Waals surface area contributed by atoms with Crippen molar-refractivity contribution in [1.82, 2.24) is 20.2 Å². The van der Waals surface area contributed by atoms with Gasteiger partial charge in [-0.25, -0.2) is 13.8 Å². The molecule has 6 nitrogen and oxygen atoms in total. The summed E-state index contributed by atoms with van der Waals surface area (Å²) in [4.78, 5) is 16.3. The van der Waals surface area contributed by atoms with Crippen molar-refractivity contribution in [2.45, 2.75) is 31.0 Å². The maximum absolute atomic E-state index is 16.6. The maximum Gasteiger partial charge on any atom is 0.228 e. The highest BCUT2D eigenvalue weighted by Gasteiger charge is 2.36. The quantitative estimate of drug-likeness (QED) is 0.394. The van der Waals surface area contributed by atoms with Gasteiger partial charge >= 0.3 is 0 Å². The van der Waals surface area contributed by atoms with E-state index in [4.69, 9.17) is 21.6 Å². The molecule has 0 saturated carbocycles. The molecule has 1 N–H and O–H groups in total. The van der Waals surface area contributed by atoms with Gasteiger partial charge in [0.2, 0.25) is 5.95 Å². The Morgan fingerprint density at radius 2 is 1.66 bits per heavy atom. The fourth-order valence-electron chi connectivity index (χ4n) is 6.22. The van der Waals surface area contributed by atoms with Crippen LogP contribution in [-0.4, -0.2) is 73.3 Å². The largest absolute Gasteiger partial charge is 0.353 e. The Hall–Kier alpha value is -3.07. The third kappa shape index (κ3) is 3.81. The number of rotatable bonds is 4. The summed E-state index contributed by atoms with van der Waals surface area (Å²) in [6, 6.07) is 13.1. The van der Waals surface area contributed by atoms with E-state index in [1.54, 1.807) is 24.3 Å². The molecule has 0 unspecified atom stereocenters. The zero-order valence-corrected chi connectivity index (χ0v) is 22.1. The van der Waals surface area contributed by atoms with Crippen molar-refractivity contribution in [1.29, 1.82) is 0 Å². The van der Waals surface area contributed by atoms with Crippen LogP contribution in [-0.2, 0) is 0 Å². The zero-order chi connectivity index (χ0) is 26.1. The van der Waals surface area contributed by atoms with E-state index >= 15 is 8.78 Å². The third-order valence-corrected chi connectivity index (χ3v) is 8.66. The van der Waals surface area contributed by atoms with Crippen LogP contribution in [0.3, 0.4) is 0 Å². The average molecular weight is 535 g/mol. The molecule has 196 valence electrons. The molecular weight excluding hydrogens is 506 g/mol. The molecule has 4 heterocycles. The van der Waals surface area contributed by atoms with Gasteiger partial charge < -0.3 is 20.0 Å². The van der Waals surface area contributed by atoms with Crippen molar-refractivity contribution in [2.75, 3.05) is 50.1 Å². The molecule has 7 rings (SSSR count). The molecule has 2 atom stereocenters. The molecule has 4 aromatic rings. The average Bonchev–Trinajstić information content (AvgIpc) is 3.20. The minimum absolute atomic E-state index is 0.167. The van der Waals surface area contributed by atoms with Gasteiger partial charge in [0.05, 0.1) is 5.02 Å². The van der Waals surface area contributed by atoms with Gasteiger partial charge in [-0.15, -0.1) is 0 Å². The molecule has 0 aliphatic carbocycles. The lowest BCUT2D eigenvalue weighted by Gasteiger charge is -2.43. The summed E-state index contributed by atoms with van der Waals surface area (Å²) in [5.74, 6) is 0.279. The van der Waals surface area contributed by atoms with Crippen LogP contribution in [0.2, 0.25) is 5.02 Å². The number of likely N-dealkylation sites (N-methyl/N-ethyl adjacent to an activating group) is 1. The first-order valence-corrected chi connectivity index (χ1v) is 13.5. The zero-order valence-electron chi connectivity index (χ0n) is 21.4. The molecule has 9 heteroatoms. The first kappa shape index (κ1) is 24.0. The van der Waals surface area contributed by atoms with E-state index in [-0.39, 0.29) is 16.1 Å². The van der Waals surface area contributed by atoms with E-state index in [0.29, 0.717) is 51.6 Å². The summed E-state index contributed by atoms with van der Waals surface area (Å²) in [5.41, 5.74) is 0.807. The summed E-state index contributed by atoms with van der Waals surface area (Å²) in [7, 11) is 4.12. The van der Waals surface area contributed by atoms with Gasteiger partial charge in [-0.2, -0.15) is 4.98 Å². The van der Waals surface area contributed by atoms with Gasteiger partial charge in [-0.05, 0) is 50.0 Å². The number of aromatic nitrogens is 2. The predicted molar refractivity (Wildman–Crippen MR) is 149 cm³/mol. The molecule has 3 fully saturated rings. The minimum atomic E-state index is -0.545. The number of hydrogen-bond acceptors (Lipinski definition) is 6. The van der Waals surface area contributed by atoms with E-state index in [1.807, 2.05) is 12.1 Å². The molecule has 0 spiro atoms. The molecule has 3 aliphatic rings. The number of nitrogens with one attached hydrogen (secondary N) is 1. The molecular formula is C29H29ClF2N6. The highest BCUT2D eigenvalue weighted by molar-refractivity contribution is 6.35. The highest BCUT2D eigenvalue weighted by atomic mass is 35.5. The van der Waals surface area contributed by atoms with E-state index in [9.17, 15) is 0 Å². The van der Waals surface area contributed by atoms with Crippen molar-refractivity contribution in [3.8, 4) is 11.1 Å². The van der Waals surface area contributed by atoms with Crippen LogP contribution in [0.15, 0.2) is 42.5 Å². The fourth-order valence-corrected chi connectivity index (χ4v) is 6.51. The van der Waals surface area contributed by atoms with Crippen LogP contribution in [0.5, 0.6) is 0 Å². The summed E-state index contributed by atoms with van der Waals surface area (Å²) >= 11 is 6.81. The molecule has 3 aliphatic heterocycles. The second-order valence-corrected chi connectivity index (χ2v) is 11.4. The molecule has 3 saturated heterocycles. The lowest BCUT2D eigenvalue weighted by molar-refractivity contribution is 0.245. The SMILES string of the molecule is CN(C)C1CN(c2nc(N3C[C@H]4CC[C@@H](C3)N4)c3cc(Cl)c(-c4cccc5cccc(F)c45)c(F)c3n2)C1. The van der Waals surface area contributed by atoms with E-state index < -0.39 is 11.6 Å². The highest BCUT2D eigenvalue weighted by Crippen LogP contribution is 2.42. The Morgan fingerprint density at radius 3 is 2.37 bits per heavy atom. The van der Waals surface area contributed by atoms with Crippen LogP contribution >= 0.6 is 11.6 Å². The molecule has 3 aromatic carbocycles. The van der Waals surface area contributed by atoms with Gasteiger partial charge in [-0.3, -0.25) is 0 Å². The Balaban J connectivity index is 1.43. The molecule has 0 radical (unpaired) electrons. The molecule has 0 amide bonds. The van der Waals surface area contributed by atoms with Gasteiger partial charge in [-0.1, -0.05) is 41.9 Å². The second kappa shape index (κ2) is 9.00. The van der Waals surface area contributed by atoms with Crippen LogP contribution in [0.4, 0.5) is 20.5 Å². The van der Waals surface area contributed by atoms with Gasteiger partial charge in [0, 0.05) is 60.6 Å². The topological polar surface area (TPSA) is 47.5 Å². The number of anilines is 2. The van der Waals surface area contributed by atoms with Crippen LogP contribution in [0.25, 0.3) is 32.8 Å². The second-order valence-electron chi connectivity index (χ2n) is 11.0. The number of hydrogen-bond donors (Lipinski definition) is 1. The van der Waals surface area contributed by atoms with Gasteiger partial charge in [0.25, 0.3) is 0 Å². The Labute approximate surface area is 225 Å². The van der Waals surface area contributed by atoms with Crippen LogP contribution in [0, 0.1) is 11.6 Å². The van der Waals surface area contributed by atoms with E-state index in [1.165, 1.54) is 6.07 Å². The summed E-state index contributed by atoms with van der Waals surface area (Å²) in [5, 5.41) is 5.50. The third-order valence-electron chi connectivity index (χ3n) is 8.37. The summed E-state index contributed by atoms with van der Waals surface area (Å²) < 4.78 is 31.6. The van der Waals surface area contributed by atoms with Crippen molar-refractivity contribution in [3.63, 3.8) is 0 Å². The van der Waals surface area contributed by atoms with Crippen molar-refractivity contribution in [2.24, 2.45) is 0 Å². The van der Waals surface area contributed by atoms with Crippen LogP contribution < -0.4 is 15.1 Å². The lowest BCUT2D eigenvalue weighted by Crippen LogP contribution is -2.58. The molecule has 1 aromatic heterocycles. The molecule has 2 bridgehead atoms. The number of nitrogens with zero attached hydrogens (tertiary/aromatic N) is 5. The Morgan fingerprint density at radius 1 is 0.947 bits per heavy atom. The standard InChI is InChI=1S/C29H29ClF2N6/c1-36(2)19-14-38(15-19)29-34-27-21(28(35-29)37-12-17-9-10-18(13-37)33-17)11-22(30)25(26(27)32)20-7-3-5-16-6-4-8-23(31)24(16)20/h3-8,11,17-19,33H,9-10,12-15H2,1-2H3/t17-,18+. The maximum atomic E-state index is 16.6. The first-order chi connectivity index (χ1) is 18.4. The Bertz CT molecular complexity index is 1550. The number of halogens is 3. The number of benzene rings is 3. The van der Waals surface area contributed by atoms with Crippen LogP contribution in [0.1, 0.15) is 12.8 Å². The summed E-state index contributed by atoms with van der Waals surface area (Å²) in [6.45, 7) is 3.17. The van der Waals surface area contributed by atoms with Crippen molar-refractivity contribution in [3.05, 3.63) is 59.1 Å². The molecule has 38 heavy (non-hydrogen) atoms. The first-order valence-electron chi connectivity index (χ1n) is 13.2. The smallest absolute Gasteiger partial charge is 0.228 e. The van der Waals surface area contributed by atoms with Gasteiger partial charge in [0.1, 0.15) is 17.2 Å². The minimum Gasteiger partial charge on any atom is -0.353 e. The Kier molecular flexibility index (Phi) is 5.69. The predicted octanol–water partition coefficient (Wildman–Crippen LogP) is 5.07. The van der Waals surface area contributed by atoms with E-state index in [2.05, 4.69) is 34.1 Å². The van der Waals surface area contributed by atoms with Crippen molar-refractivity contribution >= 4 is 45.0 Å².